The average molecular weight is 377 g/mol. The van der Waals surface area contributed by atoms with E-state index in [4.69, 9.17) is 10.00 Å². The Bertz CT molecular complexity index is 854. The lowest BCUT2D eigenvalue weighted by atomic mass is 9.88. The van der Waals surface area contributed by atoms with E-state index in [0.717, 1.165) is 42.0 Å². The lowest BCUT2D eigenvalue weighted by Crippen LogP contribution is -2.48. The normalized spacial score (nSPS) is 18.0. The van der Waals surface area contributed by atoms with E-state index >= 15 is 0 Å². The third-order valence-electron chi connectivity index (χ3n) is 4.61. The molecule has 0 radical (unpaired) electrons. The molecule has 2 N–H and O–H groups in total. The van der Waals surface area contributed by atoms with Gasteiger partial charge in [0.1, 0.15) is 5.75 Å². The van der Waals surface area contributed by atoms with Crippen LogP contribution in [-0.2, 0) is 0 Å². The number of hydrogen-bond acceptors (Lipinski definition) is 6. The number of anilines is 1. The van der Waals surface area contributed by atoms with E-state index in [1.165, 1.54) is 0 Å². The van der Waals surface area contributed by atoms with Crippen molar-refractivity contribution in [2.45, 2.75) is 51.1 Å². The van der Waals surface area contributed by atoms with Crippen LogP contribution in [0.15, 0.2) is 48.8 Å². The summed E-state index contributed by atoms with van der Waals surface area (Å²) in [5.41, 5.74) is 2.91. The van der Waals surface area contributed by atoms with E-state index in [1.54, 1.807) is 6.20 Å². The summed E-state index contributed by atoms with van der Waals surface area (Å²) in [5.74, 6) is 1.43. The van der Waals surface area contributed by atoms with Gasteiger partial charge in [0.05, 0.1) is 18.4 Å². The first-order valence-corrected chi connectivity index (χ1v) is 9.61. The van der Waals surface area contributed by atoms with Crippen LogP contribution in [-0.4, -0.2) is 28.2 Å². The number of nitriles is 1. The number of hydrogen-bond donors (Lipinski definition) is 2. The van der Waals surface area contributed by atoms with Crippen molar-refractivity contribution < 1.29 is 4.74 Å². The minimum atomic E-state index is 0.00762. The second-order valence-electron chi connectivity index (χ2n) is 7.76. The second-order valence-corrected chi connectivity index (χ2v) is 7.76. The molecule has 2 heterocycles. The van der Waals surface area contributed by atoms with E-state index in [-0.39, 0.29) is 11.6 Å². The van der Waals surface area contributed by atoms with Crippen LogP contribution >= 0.6 is 0 Å². The molecule has 6 nitrogen and oxygen atoms in total. The topological polar surface area (TPSA) is 82.9 Å². The zero-order valence-electron chi connectivity index (χ0n) is 16.5. The number of aromatic nitrogens is 2. The molecule has 0 bridgehead atoms. The monoisotopic (exact) mass is 377 g/mol. The average Bonchev–Trinajstić information content (AvgIpc) is 2.64. The van der Waals surface area contributed by atoms with Crippen LogP contribution in [0.1, 0.15) is 39.5 Å². The molecule has 28 heavy (non-hydrogen) atoms. The number of unbranched alkanes of at least 4 members (excludes halogenated alkanes) is 1. The molecule has 0 aliphatic carbocycles. The van der Waals surface area contributed by atoms with E-state index in [0.29, 0.717) is 19.0 Å². The fraction of sp³-hybridized carbons (Fsp3) is 0.409. The van der Waals surface area contributed by atoms with Crippen molar-refractivity contribution in [2.75, 3.05) is 11.9 Å². The Morgan fingerprint density at radius 2 is 2.11 bits per heavy atom. The van der Waals surface area contributed by atoms with Gasteiger partial charge in [0, 0.05) is 41.9 Å². The largest absolute Gasteiger partial charge is 0.494 e. The molecule has 1 aliphatic heterocycles. The highest BCUT2D eigenvalue weighted by atomic mass is 16.5. The van der Waals surface area contributed by atoms with Gasteiger partial charge in [-0.05, 0) is 57.0 Å². The number of piperidine rings is 1. The molecular formula is C22H27N5O. The predicted octanol–water partition coefficient (Wildman–Crippen LogP) is 4.28. The molecule has 1 aromatic carbocycles. The summed E-state index contributed by atoms with van der Waals surface area (Å²) in [7, 11) is 0. The maximum atomic E-state index is 8.56. The third kappa shape index (κ3) is 5.46. The van der Waals surface area contributed by atoms with E-state index < -0.39 is 0 Å². The molecule has 1 atom stereocenters. The number of benzene rings is 1. The molecule has 2 aromatic rings. The van der Waals surface area contributed by atoms with Crippen molar-refractivity contribution in [1.29, 1.82) is 5.26 Å². The molecule has 1 saturated heterocycles. The number of nitrogens with one attached hydrogen (secondary N) is 2. The first-order valence-electron chi connectivity index (χ1n) is 9.61. The molecule has 6 heteroatoms. The number of rotatable bonds is 7. The van der Waals surface area contributed by atoms with E-state index in [2.05, 4.69) is 47.1 Å². The van der Waals surface area contributed by atoms with Crippen LogP contribution in [0, 0.1) is 11.3 Å². The van der Waals surface area contributed by atoms with E-state index in [9.17, 15) is 0 Å². The summed E-state index contributed by atoms with van der Waals surface area (Å²) in [5, 5.41) is 15.4. The predicted molar refractivity (Wildman–Crippen MR) is 111 cm³/mol. The van der Waals surface area contributed by atoms with Crippen LogP contribution in [0.25, 0.3) is 11.3 Å². The minimum absolute atomic E-state index is 0.00762. The highest BCUT2D eigenvalue weighted by Crippen LogP contribution is 2.26. The van der Waals surface area contributed by atoms with Crippen molar-refractivity contribution in [3.05, 3.63) is 48.8 Å². The summed E-state index contributed by atoms with van der Waals surface area (Å²) >= 11 is 0. The van der Waals surface area contributed by atoms with Crippen LogP contribution in [0.5, 0.6) is 5.75 Å². The standard InChI is InChI=1S/C22H27N5O/c1-16-14-18(15-22(2,3)27-16)25-21-24-12-10-20(26-21)17-6-8-19(9-7-17)28-13-5-4-11-23/h6-10,12,18,27H,1,4-5,13-15H2,2-3H3,(H,24,25,26). The van der Waals surface area contributed by atoms with Gasteiger partial charge in [-0.2, -0.15) is 5.26 Å². The Morgan fingerprint density at radius 3 is 2.82 bits per heavy atom. The molecule has 0 saturated carbocycles. The summed E-state index contributed by atoms with van der Waals surface area (Å²) < 4.78 is 5.64. The highest BCUT2D eigenvalue weighted by molar-refractivity contribution is 5.61. The van der Waals surface area contributed by atoms with E-state index in [1.807, 2.05) is 30.3 Å². The minimum Gasteiger partial charge on any atom is -0.494 e. The van der Waals surface area contributed by atoms with Gasteiger partial charge in [0.25, 0.3) is 0 Å². The highest BCUT2D eigenvalue weighted by Gasteiger charge is 2.29. The van der Waals surface area contributed by atoms with Gasteiger partial charge in [0.15, 0.2) is 0 Å². The molecule has 1 unspecified atom stereocenters. The van der Waals surface area contributed by atoms with Crippen molar-refractivity contribution in [3.63, 3.8) is 0 Å². The Balaban J connectivity index is 1.64. The first kappa shape index (κ1) is 19.7. The summed E-state index contributed by atoms with van der Waals surface area (Å²) in [6.45, 7) is 8.98. The van der Waals surface area contributed by atoms with Gasteiger partial charge in [0.2, 0.25) is 5.95 Å². The van der Waals surface area contributed by atoms with Gasteiger partial charge in [-0.25, -0.2) is 9.97 Å². The molecule has 1 aliphatic rings. The molecule has 1 aromatic heterocycles. The zero-order chi connectivity index (χ0) is 20.0. The fourth-order valence-electron chi connectivity index (χ4n) is 3.50. The summed E-state index contributed by atoms with van der Waals surface area (Å²) in [4.78, 5) is 9.06. The molecule has 1 fully saturated rings. The number of nitrogens with zero attached hydrogens (tertiary/aromatic N) is 3. The Hall–Kier alpha value is -3.07. The number of ether oxygens (including phenoxy) is 1. The zero-order valence-corrected chi connectivity index (χ0v) is 16.5. The Kier molecular flexibility index (Phi) is 6.15. The van der Waals surface area contributed by atoms with Crippen LogP contribution < -0.4 is 15.4 Å². The van der Waals surface area contributed by atoms with Crippen molar-refractivity contribution in [3.8, 4) is 23.1 Å². The lowest BCUT2D eigenvalue weighted by molar-refractivity contribution is 0.313. The van der Waals surface area contributed by atoms with Crippen LogP contribution in [0.3, 0.4) is 0 Å². The quantitative estimate of drug-likeness (QED) is 0.701. The first-order chi connectivity index (χ1) is 13.4. The van der Waals surface area contributed by atoms with Crippen LogP contribution in [0.4, 0.5) is 5.95 Å². The maximum absolute atomic E-state index is 8.56. The molecule has 146 valence electrons. The molecule has 3 rings (SSSR count). The molecule has 0 amide bonds. The molecular weight excluding hydrogens is 350 g/mol. The smallest absolute Gasteiger partial charge is 0.223 e. The maximum Gasteiger partial charge on any atom is 0.223 e. The third-order valence-corrected chi connectivity index (χ3v) is 4.61. The fourth-order valence-corrected chi connectivity index (χ4v) is 3.50. The Labute approximate surface area is 166 Å². The van der Waals surface area contributed by atoms with Crippen LogP contribution in [0.2, 0.25) is 0 Å². The SMILES string of the molecule is C=C1CC(Nc2nccc(-c3ccc(OCCCC#N)cc3)n2)CC(C)(C)N1. The van der Waals surface area contributed by atoms with Gasteiger partial charge < -0.3 is 15.4 Å². The van der Waals surface area contributed by atoms with Gasteiger partial charge in [-0.1, -0.05) is 6.58 Å². The lowest BCUT2D eigenvalue weighted by Gasteiger charge is -2.38. The molecule has 0 spiro atoms. The van der Waals surface area contributed by atoms with Crippen molar-refractivity contribution in [2.24, 2.45) is 0 Å². The van der Waals surface area contributed by atoms with Crippen molar-refractivity contribution in [1.82, 2.24) is 15.3 Å². The second kappa shape index (κ2) is 8.75. The van der Waals surface area contributed by atoms with Crippen molar-refractivity contribution >= 4 is 5.95 Å². The summed E-state index contributed by atoms with van der Waals surface area (Å²) in [6.07, 6.45) is 4.85. The van der Waals surface area contributed by atoms with Gasteiger partial charge >= 0.3 is 0 Å². The summed E-state index contributed by atoms with van der Waals surface area (Å²) in [6, 6.07) is 12.1. The van der Waals surface area contributed by atoms with Gasteiger partial charge in [-0.15, -0.1) is 0 Å². The van der Waals surface area contributed by atoms with Gasteiger partial charge in [-0.3, -0.25) is 0 Å². The Morgan fingerprint density at radius 1 is 1.32 bits per heavy atom.